The van der Waals surface area contributed by atoms with Crippen molar-refractivity contribution >= 4 is 0 Å². The molecule has 0 amide bonds. The van der Waals surface area contributed by atoms with Gasteiger partial charge in [-0.05, 0) is 31.8 Å². The van der Waals surface area contributed by atoms with E-state index in [0.717, 1.165) is 12.5 Å². The van der Waals surface area contributed by atoms with E-state index >= 15 is 0 Å². The topological polar surface area (TPSA) is 27.0 Å². The molecule has 0 spiro atoms. The normalized spacial score (nSPS) is 37.9. The Morgan fingerprint density at radius 3 is 2.08 bits per heavy atom. The summed E-state index contributed by atoms with van der Waals surface area (Å²) in [5.41, 5.74) is 0. The molecule has 12 heavy (non-hydrogen) atoms. The van der Waals surface area contributed by atoms with Gasteiger partial charge in [0.2, 0.25) is 0 Å². The molecule has 0 aromatic heterocycles. The lowest BCUT2D eigenvalue weighted by molar-refractivity contribution is 0.0769. The quantitative estimate of drug-likeness (QED) is 0.549. The summed E-state index contributed by atoms with van der Waals surface area (Å²) in [5.74, 6) is 1.08. The molecule has 3 fully saturated rings. The van der Waals surface area contributed by atoms with Gasteiger partial charge >= 0.3 is 0 Å². The molecule has 2 bridgehead atoms. The van der Waals surface area contributed by atoms with Crippen LogP contribution in [0.2, 0.25) is 0 Å². The third-order valence-electron chi connectivity index (χ3n) is 2.82. The predicted molar refractivity (Wildman–Crippen MR) is 49.6 cm³/mol. The van der Waals surface area contributed by atoms with Crippen molar-refractivity contribution in [1.29, 1.82) is 5.26 Å². The SMILES string of the molecule is CC.N#CC1CN2CCC1CC2. The molecule has 3 saturated heterocycles. The standard InChI is InChI=1S/C8H12N2.C2H6/c9-5-8-6-10-3-1-7(8)2-4-10;1-2/h7-8H,1-4,6H2;1-2H3. The fourth-order valence-corrected chi connectivity index (χ4v) is 2.11. The van der Waals surface area contributed by atoms with Crippen LogP contribution in [-0.4, -0.2) is 24.5 Å². The lowest BCUT2D eigenvalue weighted by atomic mass is 9.80. The van der Waals surface area contributed by atoms with Crippen molar-refractivity contribution in [2.75, 3.05) is 19.6 Å². The fraction of sp³-hybridized carbons (Fsp3) is 0.900. The van der Waals surface area contributed by atoms with Crippen LogP contribution < -0.4 is 0 Å². The number of nitrogens with zero attached hydrogens (tertiary/aromatic N) is 2. The maximum atomic E-state index is 8.74. The number of hydrogen-bond acceptors (Lipinski definition) is 2. The van der Waals surface area contributed by atoms with Gasteiger partial charge in [-0.1, -0.05) is 13.8 Å². The van der Waals surface area contributed by atoms with Crippen molar-refractivity contribution < 1.29 is 0 Å². The number of rotatable bonds is 0. The van der Waals surface area contributed by atoms with Gasteiger partial charge in [0.05, 0.1) is 12.0 Å². The van der Waals surface area contributed by atoms with Gasteiger partial charge in [0.25, 0.3) is 0 Å². The molecule has 0 aromatic rings. The minimum Gasteiger partial charge on any atom is -0.302 e. The van der Waals surface area contributed by atoms with Gasteiger partial charge in [-0.25, -0.2) is 0 Å². The summed E-state index contributed by atoms with van der Waals surface area (Å²) in [4.78, 5) is 2.41. The Morgan fingerprint density at radius 1 is 1.25 bits per heavy atom. The van der Waals surface area contributed by atoms with Gasteiger partial charge in [-0.3, -0.25) is 0 Å². The largest absolute Gasteiger partial charge is 0.302 e. The Hall–Kier alpha value is -0.550. The lowest BCUT2D eigenvalue weighted by Gasteiger charge is -2.41. The van der Waals surface area contributed by atoms with Crippen LogP contribution in [0.4, 0.5) is 0 Å². The lowest BCUT2D eigenvalue weighted by Crippen LogP contribution is -2.46. The van der Waals surface area contributed by atoms with Crippen LogP contribution in [0, 0.1) is 23.2 Å². The van der Waals surface area contributed by atoms with Crippen molar-refractivity contribution in [3.63, 3.8) is 0 Å². The molecule has 0 aromatic carbocycles. The first-order chi connectivity index (χ1) is 5.90. The van der Waals surface area contributed by atoms with Crippen molar-refractivity contribution in [1.82, 2.24) is 4.90 Å². The second kappa shape index (κ2) is 4.47. The second-order valence-corrected chi connectivity index (χ2v) is 3.37. The summed E-state index contributed by atoms with van der Waals surface area (Å²) >= 11 is 0. The van der Waals surface area contributed by atoms with Crippen LogP contribution in [0.15, 0.2) is 0 Å². The first kappa shape index (κ1) is 9.54. The molecule has 3 rings (SSSR count). The Kier molecular flexibility index (Phi) is 3.55. The van der Waals surface area contributed by atoms with Gasteiger partial charge in [0, 0.05) is 6.54 Å². The van der Waals surface area contributed by atoms with Gasteiger partial charge in [-0.15, -0.1) is 0 Å². The Labute approximate surface area is 75.2 Å². The molecule has 3 aliphatic heterocycles. The molecule has 2 heteroatoms. The number of nitriles is 1. The molecular formula is C10H18N2. The third kappa shape index (κ3) is 1.78. The highest BCUT2D eigenvalue weighted by Gasteiger charge is 2.33. The molecule has 68 valence electrons. The van der Waals surface area contributed by atoms with E-state index in [-0.39, 0.29) is 0 Å². The van der Waals surface area contributed by atoms with E-state index < -0.39 is 0 Å². The second-order valence-electron chi connectivity index (χ2n) is 3.37. The van der Waals surface area contributed by atoms with E-state index in [0.29, 0.717) is 5.92 Å². The molecule has 3 heterocycles. The van der Waals surface area contributed by atoms with Gasteiger partial charge in [-0.2, -0.15) is 5.26 Å². The summed E-state index contributed by atoms with van der Waals surface area (Å²) in [6.45, 7) is 7.52. The zero-order chi connectivity index (χ0) is 8.97. The summed E-state index contributed by atoms with van der Waals surface area (Å²) in [6.07, 6.45) is 2.52. The predicted octanol–water partition coefficient (Wildman–Crippen LogP) is 1.88. The first-order valence-electron chi connectivity index (χ1n) is 5.02. The van der Waals surface area contributed by atoms with E-state index in [1.807, 2.05) is 13.8 Å². The zero-order valence-corrected chi connectivity index (χ0v) is 8.08. The molecule has 0 N–H and O–H groups in total. The monoisotopic (exact) mass is 166 g/mol. The molecule has 1 atom stereocenters. The number of fused-ring (bicyclic) bond motifs is 3. The summed E-state index contributed by atoms with van der Waals surface area (Å²) in [5, 5.41) is 8.74. The van der Waals surface area contributed by atoms with E-state index in [1.54, 1.807) is 0 Å². The highest BCUT2D eigenvalue weighted by molar-refractivity contribution is 4.97. The van der Waals surface area contributed by atoms with Crippen LogP contribution in [0.1, 0.15) is 26.7 Å². The van der Waals surface area contributed by atoms with E-state index in [2.05, 4.69) is 11.0 Å². The molecular weight excluding hydrogens is 148 g/mol. The number of piperidine rings is 3. The first-order valence-corrected chi connectivity index (χ1v) is 5.02. The van der Waals surface area contributed by atoms with E-state index in [4.69, 9.17) is 5.26 Å². The van der Waals surface area contributed by atoms with Crippen LogP contribution in [0.25, 0.3) is 0 Å². The van der Waals surface area contributed by atoms with Crippen LogP contribution >= 0.6 is 0 Å². The molecule has 1 unspecified atom stereocenters. The fourth-order valence-electron chi connectivity index (χ4n) is 2.11. The Balaban J connectivity index is 0.000000336. The highest BCUT2D eigenvalue weighted by Crippen LogP contribution is 2.31. The highest BCUT2D eigenvalue weighted by atomic mass is 15.1. The van der Waals surface area contributed by atoms with Crippen LogP contribution in [0.3, 0.4) is 0 Å². The maximum absolute atomic E-state index is 8.74. The van der Waals surface area contributed by atoms with Gasteiger partial charge < -0.3 is 4.90 Å². The molecule has 0 saturated carbocycles. The molecule has 2 nitrogen and oxygen atoms in total. The average Bonchev–Trinajstić information content (AvgIpc) is 2.22. The number of hydrogen-bond donors (Lipinski definition) is 0. The van der Waals surface area contributed by atoms with Gasteiger partial charge in [0.1, 0.15) is 0 Å². The maximum Gasteiger partial charge on any atom is 0.0672 e. The minimum atomic E-state index is 0.350. The Morgan fingerprint density at radius 2 is 1.83 bits per heavy atom. The summed E-state index contributed by atoms with van der Waals surface area (Å²) in [6, 6.07) is 2.39. The zero-order valence-electron chi connectivity index (χ0n) is 8.08. The van der Waals surface area contributed by atoms with Crippen molar-refractivity contribution in [3.05, 3.63) is 0 Å². The third-order valence-corrected chi connectivity index (χ3v) is 2.82. The van der Waals surface area contributed by atoms with Crippen molar-refractivity contribution in [2.45, 2.75) is 26.7 Å². The van der Waals surface area contributed by atoms with Crippen molar-refractivity contribution in [2.24, 2.45) is 11.8 Å². The molecule has 0 aliphatic carbocycles. The van der Waals surface area contributed by atoms with Crippen LogP contribution in [0.5, 0.6) is 0 Å². The average molecular weight is 166 g/mol. The van der Waals surface area contributed by atoms with E-state index in [9.17, 15) is 0 Å². The molecule has 0 radical (unpaired) electrons. The summed E-state index contributed by atoms with van der Waals surface area (Å²) < 4.78 is 0. The van der Waals surface area contributed by atoms with Crippen molar-refractivity contribution in [3.8, 4) is 6.07 Å². The van der Waals surface area contributed by atoms with Gasteiger partial charge in [0.15, 0.2) is 0 Å². The van der Waals surface area contributed by atoms with E-state index in [1.165, 1.54) is 25.9 Å². The Bertz CT molecular complexity index is 163. The van der Waals surface area contributed by atoms with Crippen LogP contribution in [-0.2, 0) is 0 Å². The molecule has 3 aliphatic rings. The smallest absolute Gasteiger partial charge is 0.0672 e. The summed E-state index contributed by atoms with van der Waals surface area (Å²) in [7, 11) is 0. The minimum absolute atomic E-state index is 0.350.